The summed E-state index contributed by atoms with van der Waals surface area (Å²) < 4.78 is 24.8. The van der Waals surface area contributed by atoms with Crippen molar-refractivity contribution < 1.29 is 13.2 Å². The van der Waals surface area contributed by atoms with E-state index in [1.807, 2.05) is 42.5 Å². The molecule has 0 fully saturated rings. The fourth-order valence-corrected chi connectivity index (χ4v) is 3.16. The molecule has 0 radical (unpaired) electrons. The quantitative estimate of drug-likeness (QED) is 0.780. The molecule has 3 aromatic carbocycles. The molecule has 0 spiro atoms. The molecule has 0 saturated carbocycles. The van der Waals surface area contributed by atoms with E-state index in [2.05, 4.69) is 5.32 Å². The van der Waals surface area contributed by atoms with E-state index in [1.165, 1.54) is 7.05 Å². The normalized spacial score (nSPS) is 11.3. The number of anilines is 2. The third-order valence-corrected chi connectivity index (χ3v) is 5.21. The number of carbonyl (C=O) groups excluding carboxylic acids is 1. The summed E-state index contributed by atoms with van der Waals surface area (Å²) >= 11 is 0. The third kappa shape index (κ3) is 3.49. The summed E-state index contributed by atoms with van der Waals surface area (Å²) in [5.41, 5.74) is 1.31. The Balaban J connectivity index is 2.00. The SMILES string of the molecule is CN(c1ccccc1C(=O)Nc1cccc2ccccc12)S(C)(=O)=O. The number of para-hydroxylation sites is 1. The van der Waals surface area contributed by atoms with E-state index < -0.39 is 10.0 Å². The molecule has 0 aliphatic rings. The molecule has 1 amide bonds. The molecule has 0 heterocycles. The van der Waals surface area contributed by atoms with Crippen molar-refractivity contribution in [3.8, 4) is 0 Å². The Morgan fingerprint density at radius 1 is 0.920 bits per heavy atom. The van der Waals surface area contributed by atoms with Gasteiger partial charge in [0, 0.05) is 18.1 Å². The van der Waals surface area contributed by atoms with Crippen LogP contribution in [0.5, 0.6) is 0 Å². The van der Waals surface area contributed by atoms with E-state index in [-0.39, 0.29) is 5.91 Å². The first-order valence-electron chi connectivity index (χ1n) is 7.70. The zero-order valence-corrected chi connectivity index (χ0v) is 14.7. The van der Waals surface area contributed by atoms with Gasteiger partial charge in [0.15, 0.2) is 0 Å². The highest BCUT2D eigenvalue weighted by Crippen LogP contribution is 2.26. The maximum Gasteiger partial charge on any atom is 0.257 e. The van der Waals surface area contributed by atoms with Crippen LogP contribution in [0.1, 0.15) is 10.4 Å². The van der Waals surface area contributed by atoms with Crippen molar-refractivity contribution in [1.29, 1.82) is 0 Å². The number of hydrogen-bond donors (Lipinski definition) is 1. The molecule has 25 heavy (non-hydrogen) atoms. The molecule has 0 aliphatic carbocycles. The Bertz CT molecular complexity index is 1040. The summed E-state index contributed by atoms with van der Waals surface area (Å²) in [4.78, 5) is 12.8. The lowest BCUT2D eigenvalue weighted by Crippen LogP contribution is -2.27. The molecule has 0 bridgehead atoms. The second-order valence-electron chi connectivity index (χ2n) is 5.73. The van der Waals surface area contributed by atoms with Crippen molar-refractivity contribution in [3.63, 3.8) is 0 Å². The second-order valence-corrected chi connectivity index (χ2v) is 7.74. The smallest absolute Gasteiger partial charge is 0.257 e. The van der Waals surface area contributed by atoms with E-state index in [4.69, 9.17) is 0 Å². The number of hydrogen-bond acceptors (Lipinski definition) is 3. The molecule has 0 atom stereocenters. The van der Waals surface area contributed by atoms with Gasteiger partial charge in [-0.2, -0.15) is 0 Å². The van der Waals surface area contributed by atoms with Crippen molar-refractivity contribution in [2.24, 2.45) is 0 Å². The highest BCUT2D eigenvalue weighted by molar-refractivity contribution is 7.92. The van der Waals surface area contributed by atoms with E-state index in [1.54, 1.807) is 24.3 Å². The molecule has 3 rings (SSSR count). The lowest BCUT2D eigenvalue weighted by atomic mass is 10.1. The topological polar surface area (TPSA) is 66.5 Å². The molecular formula is C19H18N2O3S. The molecule has 0 aromatic heterocycles. The molecule has 3 aromatic rings. The molecule has 1 N–H and O–H groups in total. The van der Waals surface area contributed by atoms with Gasteiger partial charge in [0.1, 0.15) is 0 Å². The van der Waals surface area contributed by atoms with Gasteiger partial charge in [-0.1, -0.05) is 48.5 Å². The van der Waals surface area contributed by atoms with Gasteiger partial charge in [-0.3, -0.25) is 9.10 Å². The van der Waals surface area contributed by atoms with Crippen LogP contribution in [-0.4, -0.2) is 27.6 Å². The van der Waals surface area contributed by atoms with Crippen LogP contribution in [0, 0.1) is 0 Å². The minimum absolute atomic E-state index is 0.295. The average molecular weight is 354 g/mol. The van der Waals surface area contributed by atoms with E-state index >= 15 is 0 Å². The third-order valence-electron chi connectivity index (χ3n) is 4.02. The number of sulfonamides is 1. The maximum absolute atomic E-state index is 12.8. The second kappa shape index (κ2) is 6.57. The molecule has 128 valence electrons. The Morgan fingerprint density at radius 3 is 2.32 bits per heavy atom. The van der Waals surface area contributed by atoms with Crippen LogP contribution in [0.15, 0.2) is 66.7 Å². The highest BCUT2D eigenvalue weighted by atomic mass is 32.2. The average Bonchev–Trinajstić information content (AvgIpc) is 2.60. The van der Waals surface area contributed by atoms with E-state index in [9.17, 15) is 13.2 Å². The van der Waals surface area contributed by atoms with Crippen LogP contribution in [0.3, 0.4) is 0 Å². The Morgan fingerprint density at radius 2 is 1.56 bits per heavy atom. The largest absolute Gasteiger partial charge is 0.321 e. The fourth-order valence-electron chi connectivity index (χ4n) is 2.64. The lowest BCUT2D eigenvalue weighted by Gasteiger charge is -2.20. The van der Waals surface area contributed by atoms with Crippen molar-refractivity contribution in [2.75, 3.05) is 22.9 Å². The van der Waals surface area contributed by atoms with Gasteiger partial charge in [-0.15, -0.1) is 0 Å². The number of benzene rings is 3. The Kier molecular flexibility index (Phi) is 4.46. The van der Waals surface area contributed by atoms with Gasteiger partial charge in [0.05, 0.1) is 17.5 Å². The predicted molar refractivity (Wildman–Crippen MR) is 102 cm³/mol. The van der Waals surface area contributed by atoms with E-state index in [0.717, 1.165) is 21.3 Å². The Hall–Kier alpha value is -2.86. The van der Waals surface area contributed by atoms with Crippen molar-refractivity contribution in [2.45, 2.75) is 0 Å². The van der Waals surface area contributed by atoms with Gasteiger partial charge in [0.25, 0.3) is 5.91 Å². The number of nitrogens with zero attached hydrogens (tertiary/aromatic N) is 1. The molecule has 6 heteroatoms. The zero-order chi connectivity index (χ0) is 18.0. The minimum Gasteiger partial charge on any atom is -0.321 e. The van der Waals surface area contributed by atoms with Crippen LogP contribution in [0.25, 0.3) is 10.8 Å². The van der Waals surface area contributed by atoms with Gasteiger partial charge in [0.2, 0.25) is 10.0 Å². The number of fused-ring (bicyclic) bond motifs is 1. The first-order valence-corrected chi connectivity index (χ1v) is 9.55. The number of rotatable bonds is 4. The van der Waals surface area contributed by atoms with Gasteiger partial charge < -0.3 is 5.32 Å². The van der Waals surface area contributed by atoms with Gasteiger partial charge >= 0.3 is 0 Å². The summed E-state index contributed by atoms with van der Waals surface area (Å²) in [6, 6.07) is 20.0. The maximum atomic E-state index is 12.8. The fraction of sp³-hybridized carbons (Fsp3) is 0.105. The number of amides is 1. The van der Waals surface area contributed by atoms with Crippen molar-refractivity contribution >= 4 is 38.1 Å². The zero-order valence-electron chi connectivity index (χ0n) is 13.9. The van der Waals surface area contributed by atoms with Crippen LogP contribution in [-0.2, 0) is 10.0 Å². The lowest BCUT2D eigenvalue weighted by molar-refractivity contribution is 0.102. The minimum atomic E-state index is -3.47. The van der Waals surface area contributed by atoms with Crippen LogP contribution >= 0.6 is 0 Å². The standard InChI is InChI=1S/C19H18N2O3S/c1-21(25(2,23)24)18-13-6-5-11-16(18)19(22)20-17-12-7-9-14-8-3-4-10-15(14)17/h3-13H,1-2H3,(H,20,22). The summed E-state index contributed by atoms with van der Waals surface area (Å²) in [5, 5.41) is 4.83. The molecule has 5 nitrogen and oxygen atoms in total. The Labute approximate surface area is 146 Å². The monoisotopic (exact) mass is 354 g/mol. The number of nitrogens with one attached hydrogen (secondary N) is 1. The summed E-state index contributed by atoms with van der Waals surface area (Å²) in [7, 11) is -2.04. The van der Waals surface area contributed by atoms with Gasteiger partial charge in [-0.05, 0) is 23.6 Å². The predicted octanol–water partition coefficient (Wildman–Crippen LogP) is 3.49. The van der Waals surface area contributed by atoms with Crippen molar-refractivity contribution in [3.05, 3.63) is 72.3 Å². The highest BCUT2D eigenvalue weighted by Gasteiger charge is 2.19. The molecular weight excluding hydrogens is 336 g/mol. The van der Waals surface area contributed by atoms with E-state index in [0.29, 0.717) is 16.9 Å². The van der Waals surface area contributed by atoms with Crippen LogP contribution < -0.4 is 9.62 Å². The molecule has 0 saturated heterocycles. The molecule has 0 aliphatic heterocycles. The van der Waals surface area contributed by atoms with Crippen LogP contribution in [0.2, 0.25) is 0 Å². The summed E-state index contributed by atoms with van der Waals surface area (Å²) in [5.74, 6) is -0.359. The van der Waals surface area contributed by atoms with Crippen LogP contribution in [0.4, 0.5) is 11.4 Å². The van der Waals surface area contributed by atoms with Crippen molar-refractivity contribution in [1.82, 2.24) is 0 Å². The first-order chi connectivity index (χ1) is 11.9. The van der Waals surface area contributed by atoms with Gasteiger partial charge in [-0.25, -0.2) is 8.42 Å². The first kappa shape index (κ1) is 17.0. The number of carbonyl (C=O) groups is 1. The summed E-state index contributed by atoms with van der Waals surface area (Å²) in [6.07, 6.45) is 1.10. The molecule has 0 unspecified atom stereocenters. The summed E-state index contributed by atoms with van der Waals surface area (Å²) in [6.45, 7) is 0.